The fourth-order valence-corrected chi connectivity index (χ4v) is 3.41. The van der Waals surface area contributed by atoms with Crippen molar-refractivity contribution in [3.8, 4) is 0 Å². The molecule has 2 N–H and O–H groups in total. The van der Waals surface area contributed by atoms with Crippen LogP contribution in [0.1, 0.15) is 24.8 Å². The van der Waals surface area contributed by atoms with Crippen LogP contribution in [0.5, 0.6) is 0 Å². The van der Waals surface area contributed by atoms with Gasteiger partial charge < -0.3 is 10.2 Å². The van der Waals surface area contributed by atoms with Crippen molar-refractivity contribution in [2.45, 2.75) is 19.3 Å². The van der Waals surface area contributed by atoms with Crippen LogP contribution in [0, 0.1) is 11.3 Å². The van der Waals surface area contributed by atoms with Gasteiger partial charge in [-0.25, -0.2) is 0 Å². The van der Waals surface area contributed by atoms with E-state index in [1.54, 1.807) is 0 Å². The van der Waals surface area contributed by atoms with Gasteiger partial charge in [-0.15, -0.1) is 0 Å². The number of nitrogens with one attached hydrogen (secondary N) is 2. The van der Waals surface area contributed by atoms with Crippen LogP contribution in [0.4, 0.5) is 5.69 Å². The minimum atomic E-state index is 0.553. The number of hydrogen-bond donors (Lipinski definition) is 2. The molecule has 0 atom stereocenters. The van der Waals surface area contributed by atoms with Crippen LogP contribution in [-0.4, -0.2) is 24.3 Å². The largest absolute Gasteiger partial charge is 0.384 e. The molecule has 0 spiro atoms. The number of hydrogen-bond acceptors (Lipinski definition) is 2. The highest BCUT2D eigenvalue weighted by atomic mass is 79.9. The first-order valence-corrected chi connectivity index (χ1v) is 8.12. The molecule has 4 heteroatoms. The van der Waals surface area contributed by atoms with Gasteiger partial charge in [0.15, 0.2) is 0 Å². The Bertz CT molecular complexity index is 629. The van der Waals surface area contributed by atoms with Crippen LogP contribution in [0.15, 0.2) is 42.1 Å². The van der Waals surface area contributed by atoms with Crippen LogP contribution in [0.3, 0.4) is 0 Å². The first-order valence-electron chi connectivity index (χ1n) is 7.33. The van der Waals surface area contributed by atoms with Crippen LogP contribution >= 0.6 is 15.9 Å². The van der Waals surface area contributed by atoms with E-state index in [1.165, 1.54) is 12.8 Å². The minimum Gasteiger partial charge on any atom is -0.384 e. The zero-order valence-corrected chi connectivity index (χ0v) is 13.8. The number of amidine groups is 1. The molecule has 0 aromatic heterocycles. The number of allylic oxidation sites excluding steroid dienone is 1. The lowest BCUT2D eigenvalue weighted by Gasteiger charge is -2.24. The molecule has 0 radical (unpaired) electrons. The van der Waals surface area contributed by atoms with Crippen LogP contribution in [-0.2, 0) is 0 Å². The molecule has 1 aliphatic carbocycles. The second kappa shape index (κ2) is 5.68. The van der Waals surface area contributed by atoms with Crippen LogP contribution in [0.2, 0.25) is 0 Å². The Labute approximate surface area is 134 Å². The molecule has 1 aliphatic heterocycles. The summed E-state index contributed by atoms with van der Waals surface area (Å²) in [6.45, 7) is 5.00. The van der Waals surface area contributed by atoms with E-state index in [9.17, 15) is 0 Å². The summed E-state index contributed by atoms with van der Waals surface area (Å²) >= 11 is 3.72. The summed E-state index contributed by atoms with van der Waals surface area (Å²) in [7, 11) is 1.96. The Morgan fingerprint density at radius 3 is 2.81 bits per heavy atom. The minimum absolute atomic E-state index is 0.553. The molecular formula is C17H20BrN3. The lowest BCUT2D eigenvalue weighted by atomic mass is 10.1. The predicted molar refractivity (Wildman–Crippen MR) is 92.7 cm³/mol. The zero-order valence-electron chi connectivity index (χ0n) is 12.2. The topological polar surface area (TPSA) is 39.1 Å². The Balaban J connectivity index is 1.93. The second-order valence-corrected chi connectivity index (χ2v) is 6.48. The molecule has 0 bridgehead atoms. The fourth-order valence-electron chi connectivity index (χ4n) is 2.68. The van der Waals surface area contributed by atoms with Gasteiger partial charge in [0.05, 0.1) is 0 Å². The lowest BCUT2D eigenvalue weighted by molar-refractivity contribution is 0.575. The van der Waals surface area contributed by atoms with Gasteiger partial charge in [-0.3, -0.25) is 5.41 Å². The number of rotatable bonds is 3. The summed E-state index contributed by atoms with van der Waals surface area (Å²) in [5, 5.41) is 12.0. The Morgan fingerprint density at radius 1 is 1.38 bits per heavy atom. The molecule has 0 amide bonds. The van der Waals surface area contributed by atoms with E-state index in [1.807, 2.05) is 24.1 Å². The maximum atomic E-state index is 8.56. The highest BCUT2D eigenvalue weighted by Crippen LogP contribution is 2.39. The molecule has 21 heavy (non-hydrogen) atoms. The van der Waals surface area contributed by atoms with Gasteiger partial charge in [-0.1, -0.05) is 24.8 Å². The maximum absolute atomic E-state index is 8.56. The van der Waals surface area contributed by atoms with Crippen molar-refractivity contribution in [2.75, 3.05) is 18.9 Å². The summed E-state index contributed by atoms with van der Waals surface area (Å²) in [6.07, 6.45) is 3.25. The third-order valence-electron chi connectivity index (χ3n) is 4.22. The standard InChI is InChI=1S/C17H20BrN3/c1-11(12-7-8-12)21(2)17(19)14-9-10-20-15-6-4-3-5-13(15)16(14)18/h3-6,12,19-20H,1,7-10H2,2H3. The number of nitrogens with zero attached hydrogens (tertiary/aromatic N) is 1. The second-order valence-electron chi connectivity index (χ2n) is 5.69. The normalized spacial score (nSPS) is 17.6. The van der Waals surface area contributed by atoms with E-state index in [4.69, 9.17) is 5.41 Å². The van der Waals surface area contributed by atoms with Crippen molar-refractivity contribution in [1.82, 2.24) is 4.90 Å². The highest BCUT2D eigenvalue weighted by molar-refractivity contribution is 9.15. The van der Waals surface area contributed by atoms with Crippen molar-refractivity contribution in [3.05, 3.63) is 47.7 Å². The predicted octanol–water partition coefficient (Wildman–Crippen LogP) is 4.44. The molecule has 2 aliphatic rings. The van der Waals surface area contributed by atoms with Crippen LogP contribution < -0.4 is 5.32 Å². The molecule has 1 fully saturated rings. The van der Waals surface area contributed by atoms with Crippen molar-refractivity contribution in [2.24, 2.45) is 5.92 Å². The number of para-hydroxylation sites is 1. The molecule has 110 valence electrons. The number of likely N-dealkylation sites (N-methyl/N-ethyl adjacent to an activating group) is 1. The summed E-state index contributed by atoms with van der Waals surface area (Å²) in [5.41, 5.74) is 4.35. The van der Waals surface area contributed by atoms with Gasteiger partial charge in [0.1, 0.15) is 5.84 Å². The summed E-state index contributed by atoms with van der Waals surface area (Å²) in [4.78, 5) is 1.95. The molecule has 1 aromatic carbocycles. The van der Waals surface area contributed by atoms with Crippen molar-refractivity contribution < 1.29 is 0 Å². The average Bonchev–Trinajstić information content (AvgIpc) is 3.34. The van der Waals surface area contributed by atoms with Gasteiger partial charge >= 0.3 is 0 Å². The van der Waals surface area contributed by atoms with E-state index < -0.39 is 0 Å². The van der Waals surface area contributed by atoms with Crippen molar-refractivity contribution >= 4 is 31.9 Å². The average molecular weight is 346 g/mol. The zero-order chi connectivity index (χ0) is 15.0. The number of anilines is 1. The molecule has 1 heterocycles. The SMILES string of the molecule is C=C(C1CC1)N(C)C(=N)C1=C(Br)c2ccccc2NCC1. The molecule has 0 saturated heterocycles. The third kappa shape index (κ3) is 2.77. The Hall–Kier alpha value is -1.55. The van der Waals surface area contributed by atoms with E-state index in [2.05, 4.69) is 40.0 Å². The smallest absolute Gasteiger partial charge is 0.129 e. The van der Waals surface area contributed by atoms with Gasteiger partial charge in [-0.05, 0) is 47.2 Å². The molecule has 3 rings (SSSR count). The van der Waals surface area contributed by atoms with Gasteiger partial charge in [0, 0.05) is 40.6 Å². The summed E-state index contributed by atoms with van der Waals surface area (Å²) in [5.74, 6) is 1.13. The van der Waals surface area contributed by atoms with Crippen LogP contribution in [0.25, 0.3) is 4.48 Å². The Kier molecular flexibility index (Phi) is 3.89. The van der Waals surface area contributed by atoms with Crippen molar-refractivity contribution in [1.29, 1.82) is 5.41 Å². The van der Waals surface area contributed by atoms with Crippen molar-refractivity contribution in [3.63, 3.8) is 0 Å². The van der Waals surface area contributed by atoms with E-state index in [-0.39, 0.29) is 0 Å². The maximum Gasteiger partial charge on any atom is 0.129 e. The Morgan fingerprint density at radius 2 is 2.10 bits per heavy atom. The summed E-state index contributed by atoms with van der Waals surface area (Å²) in [6, 6.07) is 8.22. The molecular weight excluding hydrogens is 326 g/mol. The fraction of sp³-hybridized carbons (Fsp3) is 0.353. The molecule has 1 saturated carbocycles. The molecule has 1 aromatic rings. The van der Waals surface area contributed by atoms with E-state index in [0.29, 0.717) is 11.8 Å². The summed E-state index contributed by atoms with van der Waals surface area (Å²) < 4.78 is 1.02. The third-order valence-corrected chi connectivity index (χ3v) is 5.13. The first-order chi connectivity index (χ1) is 10.1. The number of halogens is 1. The molecule has 3 nitrogen and oxygen atoms in total. The molecule has 0 unspecified atom stereocenters. The number of benzene rings is 1. The van der Waals surface area contributed by atoms with E-state index >= 15 is 0 Å². The van der Waals surface area contributed by atoms with Gasteiger partial charge in [0.2, 0.25) is 0 Å². The lowest BCUT2D eigenvalue weighted by Crippen LogP contribution is -2.28. The highest BCUT2D eigenvalue weighted by Gasteiger charge is 2.29. The quantitative estimate of drug-likeness (QED) is 0.627. The monoisotopic (exact) mass is 345 g/mol. The first kappa shape index (κ1) is 14.4. The van der Waals surface area contributed by atoms with Gasteiger partial charge in [-0.2, -0.15) is 0 Å². The van der Waals surface area contributed by atoms with Gasteiger partial charge in [0.25, 0.3) is 0 Å². The number of fused-ring (bicyclic) bond motifs is 1. The van der Waals surface area contributed by atoms with E-state index in [0.717, 1.165) is 40.0 Å².